The van der Waals surface area contributed by atoms with E-state index in [0.717, 1.165) is 17.6 Å². The summed E-state index contributed by atoms with van der Waals surface area (Å²) in [5, 5.41) is 12.7. The first-order valence-electron chi connectivity index (χ1n) is 3.75. The number of nitrogen functional groups attached to an aromatic ring is 1. The van der Waals surface area contributed by atoms with Gasteiger partial charge in [0.25, 0.3) is 0 Å². The molecule has 0 bridgehead atoms. The lowest BCUT2D eigenvalue weighted by Crippen LogP contribution is -1.98. The fourth-order valence-electron chi connectivity index (χ4n) is 1.13. The summed E-state index contributed by atoms with van der Waals surface area (Å²) < 4.78 is 1.76. The number of anilines is 1. The molecular formula is C7H9N5. The van der Waals surface area contributed by atoms with Crippen LogP contribution in [0.2, 0.25) is 0 Å². The van der Waals surface area contributed by atoms with Crippen LogP contribution in [0.1, 0.15) is 6.92 Å². The van der Waals surface area contributed by atoms with Crippen LogP contribution in [0, 0.1) is 0 Å². The number of aryl methyl sites for hydroxylation is 1. The second-order valence-corrected chi connectivity index (χ2v) is 2.50. The van der Waals surface area contributed by atoms with E-state index in [1.54, 1.807) is 10.9 Å². The highest BCUT2D eigenvalue weighted by Crippen LogP contribution is 2.15. The summed E-state index contributed by atoms with van der Waals surface area (Å²) in [6, 6.07) is 0. The van der Waals surface area contributed by atoms with Crippen molar-refractivity contribution in [1.82, 2.24) is 20.0 Å². The van der Waals surface area contributed by atoms with Gasteiger partial charge in [-0.2, -0.15) is 10.2 Å². The van der Waals surface area contributed by atoms with E-state index in [0.29, 0.717) is 5.69 Å². The molecule has 2 rings (SSSR count). The van der Waals surface area contributed by atoms with E-state index in [1.165, 1.54) is 6.20 Å². The van der Waals surface area contributed by atoms with Gasteiger partial charge in [0.15, 0.2) is 5.65 Å². The molecule has 2 N–H and O–H groups in total. The maximum Gasteiger partial charge on any atom is 0.182 e. The van der Waals surface area contributed by atoms with Crippen LogP contribution in [-0.2, 0) is 6.54 Å². The van der Waals surface area contributed by atoms with Crippen LogP contribution in [0.4, 0.5) is 5.69 Å². The monoisotopic (exact) mass is 163 g/mol. The van der Waals surface area contributed by atoms with E-state index in [9.17, 15) is 0 Å². The Bertz CT molecular complexity index is 405. The first-order valence-corrected chi connectivity index (χ1v) is 3.75. The van der Waals surface area contributed by atoms with Gasteiger partial charge in [-0.05, 0) is 6.92 Å². The van der Waals surface area contributed by atoms with Crippen molar-refractivity contribution in [3.8, 4) is 0 Å². The maximum absolute atomic E-state index is 5.67. The normalized spacial score (nSPS) is 10.8. The van der Waals surface area contributed by atoms with Gasteiger partial charge in [0.2, 0.25) is 0 Å². The fourth-order valence-corrected chi connectivity index (χ4v) is 1.13. The van der Waals surface area contributed by atoms with Crippen molar-refractivity contribution >= 4 is 16.7 Å². The molecule has 0 aliphatic rings. The molecule has 0 amide bonds. The van der Waals surface area contributed by atoms with E-state index < -0.39 is 0 Å². The van der Waals surface area contributed by atoms with Gasteiger partial charge in [0.05, 0.1) is 23.5 Å². The van der Waals surface area contributed by atoms with Crippen molar-refractivity contribution in [3.05, 3.63) is 12.4 Å². The molecule has 5 heteroatoms. The first kappa shape index (κ1) is 7.02. The summed E-state index contributed by atoms with van der Waals surface area (Å²) in [5.74, 6) is 0. The number of nitrogens with two attached hydrogens (primary N) is 1. The van der Waals surface area contributed by atoms with Crippen molar-refractivity contribution in [2.24, 2.45) is 0 Å². The van der Waals surface area contributed by atoms with E-state index in [4.69, 9.17) is 5.73 Å². The molecule has 0 saturated heterocycles. The van der Waals surface area contributed by atoms with Crippen LogP contribution in [0.3, 0.4) is 0 Å². The summed E-state index contributed by atoms with van der Waals surface area (Å²) in [4.78, 5) is 0. The molecule has 2 heterocycles. The van der Waals surface area contributed by atoms with Crippen LogP contribution >= 0.6 is 0 Å². The second-order valence-electron chi connectivity index (χ2n) is 2.50. The third kappa shape index (κ3) is 0.827. The molecular weight excluding hydrogens is 154 g/mol. The van der Waals surface area contributed by atoms with Crippen molar-refractivity contribution in [3.63, 3.8) is 0 Å². The molecule has 12 heavy (non-hydrogen) atoms. The molecule has 2 aromatic heterocycles. The minimum Gasteiger partial charge on any atom is -0.397 e. The summed E-state index contributed by atoms with van der Waals surface area (Å²) in [7, 11) is 0. The molecule has 0 aliphatic heterocycles. The highest BCUT2D eigenvalue weighted by molar-refractivity contribution is 5.86. The van der Waals surface area contributed by atoms with Gasteiger partial charge in [-0.1, -0.05) is 0 Å². The number of hydrogen-bond acceptors (Lipinski definition) is 4. The Labute approximate surface area is 69.2 Å². The van der Waals surface area contributed by atoms with Crippen molar-refractivity contribution in [2.45, 2.75) is 13.5 Å². The minimum absolute atomic E-state index is 0.625. The van der Waals surface area contributed by atoms with Gasteiger partial charge in [-0.25, -0.2) is 4.68 Å². The standard InChI is InChI=1S/C7H9N5/c1-2-12-7-5(3-10-12)6(8)4-9-11-7/h3-4H,2H2,1H3,(H2,8,11). The Morgan fingerprint density at radius 2 is 2.33 bits per heavy atom. The predicted octanol–water partition coefficient (Wildman–Crippen LogP) is 0.428. The second kappa shape index (κ2) is 2.44. The van der Waals surface area contributed by atoms with Crippen molar-refractivity contribution < 1.29 is 0 Å². The molecule has 2 aromatic rings. The Morgan fingerprint density at radius 1 is 1.50 bits per heavy atom. The number of nitrogens with zero attached hydrogens (tertiary/aromatic N) is 4. The Kier molecular flexibility index (Phi) is 1.43. The van der Waals surface area contributed by atoms with Gasteiger partial charge in [-0.3, -0.25) is 0 Å². The number of hydrogen-bond donors (Lipinski definition) is 1. The maximum atomic E-state index is 5.67. The molecule has 0 radical (unpaired) electrons. The smallest absolute Gasteiger partial charge is 0.182 e. The molecule has 0 unspecified atom stereocenters. The summed E-state index contributed by atoms with van der Waals surface area (Å²) in [6.45, 7) is 2.78. The molecule has 62 valence electrons. The summed E-state index contributed by atoms with van der Waals surface area (Å²) in [5.41, 5.74) is 7.04. The lowest BCUT2D eigenvalue weighted by atomic mass is 10.3. The molecule has 0 atom stereocenters. The first-order chi connectivity index (χ1) is 5.83. The van der Waals surface area contributed by atoms with Gasteiger partial charge >= 0.3 is 0 Å². The zero-order valence-corrected chi connectivity index (χ0v) is 6.73. The SMILES string of the molecule is CCn1ncc2c(N)cnnc21. The molecule has 0 aromatic carbocycles. The van der Waals surface area contributed by atoms with Crippen LogP contribution in [0.15, 0.2) is 12.4 Å². The van der Waals surface area contributed by atoms with Crippen LogP contribution in [0.5, 0.6) is 0 Å². The average Bonchev–Trinajstić information content (AvgIpc) is 2.49. The van der Waals surface area contributed by atoms with Crippen molar-refractivity contribution in [1.29, 1.82) is 0 Å². The zero-order chi connectivity index (χ0) is 8.55. The molecule has 0 spiro atoms. The van der Waals surface area contributed by atoms with Gasteiger partial charge in [0, 0.05) is 6.54 Å². The van der Waals surface area contributed by atoms with Gasteiger partial charge < -0.3 is 5.73 Å². The zero-order valence-electron chi connectivity index (χ0n) is 6.73. The van der Waals surface area contributed by atoms with Gasteiger partial charge in [-0.15, -0.1) is 5.10 Å². The van der Waals surface area contributed by atoms with Gasteiger partial charge in [0.1, 0.15) is 0 Å². The highest BCUT2D eigenvalue weighted by Gasteiger charge is 2.04. The van der Waals surface area contributed by atoms with Crippen LogP contribution in [0.25, 0.3) is 11.0 Å². The number of aromatic nitrogens is 4. The third-order valence-electron chi connectivity index (χ3n) is 1.77. The van der Waals surface area contributed by atoms with Crippen LogP contribution < -0.4 is 5.73 Å². The van der Waals surface area contributed by atoms with E-state index in [2.05, 4.69) is 15.3 Å². The quantitative estimate of drug-likeness (QED) is 0.661. The lowest BCUT2D eigenvalue weighted by Gasteiger charge is -1.96. The fraction of sp³-hybridized carbons (Fsp3) is 0.286. The third-order valence-corrected chi connectivity index (χ3v) is 1.77. The lowest BCUT2D eigenvalue weighted by molar-refractivity contribution is 0.672. The largest absolute Gasteiger partial charge is 0.397 e. The van der Waals surface area contributed by atoms with E-state index in [-0.39, 0.29) is 0 Å². The van der Waals surface area contributed by atoms with E-state index in [1.807, 2.05) is 6.92 Å². The Hall–Kier alpha value is -1.65. The predicted molar refractivity (Wildman–Crippen MR) is 45.4 cm³/mol. The van der Waals surface area contributed by atoms with Crippen LogP contribution in [-0.4, -0.2) is 20.0 Å². The summed E-state index contributed by atoms with van der Waals surface area (Å²) in [6.07, 6.45) is 3.24. The molecule has 5 nitrogen and oxygen atoms in total. The molecule has 0 fully saturated rings. The number of fused-ring (bicyclic) bond motifs is 1. The van der Waals surface area contributed by atoms with E-state index >= 15 is 0 Å². The topological polar surface area (TPSA) is 69.6 Å². The number of rotatable bonds is 1. The Balaban J connectivity index is 2.80. The Morgan fingerprint density at radius 3 is 3.08 bits per heavy atom. The van der Waals surface area contributed by atoms with Crippen molar-refractivity contribution in [2.75, 3.05) is 5.73 Å². The minimum atomic E-state index is 0.625. The molecule has 0 saturated carbocycles. The summed E-state index contributed by atoms with van der Waals surface area (Å²) >= 11 is 0. The average molecular weight is 163 g/mol. The molecule has 0 aliphatic carbocycles. The highest BCUT2D eigenvalue weighted by atomic mass is 15.3.